The number of nitrogens with zero attached hydrogens (tertiary/aromatic N) is 5. The smallest absolute Gasteiger partial charge is 0.347 e. The van der Waals surface area contributed by atoms with E-state index in [9.17, 15) is 18.0 Å². The Morgan fingerprint density at radius 2 is 1.79 bits per heavy atom. The van der Waals surface area contributed by atoms with E-state index in [0.29, 0.717) is 17.0 Å². The molecule has 0 saturated heterocycles. The second-order valence-electron chi connectivity index (χ2n) is 6.07. The summed E-state index contributed by atoms with van der Waals surface area (Å²) in [5, 5.41) is 6.29. The molecule has 1 amide bonds. The van der Waals surface area contributed by atoms with Crippen molar-refractivity contribution in [2.45, 2.75) is 12.7 Å². The van der Waals surface area contributed by atoms with Gasteiger partial charge in [-0.2, -0.15) is 22.7 Å². The van der Waals surface area contributed by atoms with Gasteiger partial charge in [-0.1, -0.05) is 30.3 Å². The van der Waals surface area contributed by atoms with Crippen molar-refractivity contribution in [3.05, 3.63) is 78.0 Å². The third-order valence-electron chi connectivity index (χ3n) is 4.09. The summed E-state index contributed by atoms with van der Waals surface area (Å²) in [4.78, 5) is 23.3. The molecule has 4 rings (SSSR count). The summed E-state index contributed by atoms with van der Waals surface area (Å²) in [5.41, 5.74) is 2.19. The van der Waals surface area contributed by atoms with Crippen LogP contribution in [0.1, 0.15) is 21.9 Å². The molecule has 1 N–H and O–H groups in total. The number of fused-ring (bicyclic) bond motifs is 1. The van der Waals surface area contributed by atoms with E-state index in [1.54, 1.807) is 48.5 Å². The first-order valence-electron chi connectivity index (χ1n) is 8.49. The van der Waals surface area contributed by atoms with Gasteiger partial charge in [-0.05, 0) is 23.8 Å². The molecule has 0 bridgehead atoms. The molecule has 0 aliphatic rings. The van der Waals surface area contributed by atoms with Gasteiger partial charge in [0.25, 0.3) is 17.5 Å². The van der Waals surface area contributed by atoms with Crippen LogP contribution in [-0.2, 0) is 12.7 Å². The Morgan fingerprint density at radius 3 is 2.48 bits per heavy atom. The average molecular weight is 398 g/mol. The Balaban J connectivity index is 1.54. The van der Waals surface area contributed by atoms with Crippen LogP contribution in [0.25, 0.3) is 17.0 Å². The minimum atomic E-state index is -4.65. The highest BCUT2D eigenvalue weighted by atomic mass is 19.4. The normalized spacial score (nSPS) is 11.6. The lowest BCUT2D eigenvalue weighted by molar-refractivity contribution is -0.144. The quantitative estimate of drug-likeness (QED) is 0.571. The summed E-state index contributed by atoms with van der Waals surface area (Å²) in [6, 6.07) is 13.6. The minimum absolute atomic E-state index is 0.137. The molecule has 7 nitrogen and oxygen atoms in total. The standard InChI is InChI=1S/C19H13F3N6O/c20-19(21,22)17-26-18-24-10-8-15(28(18)27-17)13-6-4-12(5-7-13)11-25-16(29)14-3-1-2-9-23-14/h1-10H,11H2,(H,25,29). The number of pyridine rings is 1. The molecule has 3 heterocycles. The molecule has 146 valence electrons. The van der Waals surface area contributed by atoms with Gasteiger partial charge in [-0.15, -0.1) is 5.10 Å². The number of aromatic nitrogens is 5. The number of halogens is 3. The number of benzene rings is 1. The van der Waals surface area contributed by atoms with Gasteiger partial charge in [0.05, 0.1) is 5.69 Å². The zero-order valence-electron chi connectivity index (χ0n) is 14.8. The summed E-state index contributed by atoms with van der Waals surface area (Å²) in [5.74, 6) is -1.68. The Kier molecular flexibility index (Phi) is 4.67. The van der Waals surface area contributed by atoms with Crippen molar-refractivity contribution in [2.75, 3.05) is 0 Å². The van der Waals surface area contributed by atoms with Gasteiger partial charge in [0.2, 0.25) is 0 Å². The number of nitrogens with one attached hydrogen (secondary N) is 1. The van der Waals surface area contributed by atoms with E-state index in [-0.39, 0.29) is 18.2 Å². The van der Waals surface area contributed by atoms with Gasteiger partial charge >= 0.3 is 6.18 Å². The largest absolute Gasteiger partial charge is 0.453 e. The van der Waals surface area contributed by atoms with E-state index < -0.39 is 12.0 Å². The fourth-order valence-corrected chi connectivity index (χ4v) is 2.70. The summed E-state index contributed by atoms with van der Waals surface area (Å²) in [6.07, 6.45) is -1.74. The van der Waals surface area contributed by atoms with Gasteiger partial charge in [0.15, 0.2) is 0 Å². The molecule has 0 aliphatic carbocycles. The number of rotatable bonds is 4. The maximum Gasteiger partial charge on any atom is 0.453 e. The molecule has 0 radical (unpaired) electrons. The molecule has 1 aromatic carbocycles. The average Bonchev–Trinajstić information content (AvgIpc) is 3.18. The first-order valence-corrected chi connectivity index (χ1v) is 8.49. The number of hydrogen-bond acceptors (Lipinski definition) is 5. The van der Waals surface area contributed by atoms with Crippen molar-refractivity contribution >= 4 is 11.7 Å². The van der Waals surface area contributed by atoms with E-state index >= 15 is 0 Å². The van der Waals surface area contributed by atoms with Gasteiger partial charge in [-0.25, -0.2) is 4.98 Å². The summed E-state index contributed by atoms with van der Waals surface area (Å²) < 4.78 is 39.7. The highest BCUT2D eigenvalue weighted by molar-refractivity contribution is 5.92. The zero-order chi connectivity index (χ0) is 20.4. The molecule has 0 aliphatic heterocycles. The van der Waals surface area contributed by atoms with Gasteiger partial charge in [-0.3, -0.25) is 9.78 Å². The van der Waals surface area contributed by atoms with E-state index in [0.717, 1.165) is 10.1 Å². The molecule has 0 unspecified atom stereocenters. The molecule has 0 saturated carbocycles. The summed E-state index contributed by atoms with van der Waals surface area (Å²) in [6.45, 7) is 0.281. The van der Waals surface area contributed by atoms with Crippen LogP contribution in [0.3, 0.4) is 0 Å². The number of alkyl halides is 3. The number of amides is 1. The number of carbonyl (C=O) groups is 1. The molecular formula is C19H13F3N6O. The van der Waals surface area contributed by atoms with Crippen molar-refractivity contribution in [2.24, 2.45) is 0 Å². The van der Waals surface area contributed by atoms with Crippen LogP contribution in [0.4, 0.5) is 13.2 Å². The molecule has 10 heteroatoms. The van der Waals surface area contributed by atoms with Crippen molar-refractivity contribution in [1.29, 1.82) is 0 Å². The summed E-state index contributed by atoms with van der Waals surface area (Å²) in [7, 11) is 0. The van der Waals surface area contributed by atoms with Crippen molar-refractivity contribution in [3.63, 3.8) is 0 Å². The minimum Gasteiger partial charge on any atom is -0.347 e. The molecule has 29 heavy (non-hydrogen) atoms. The molecule has 0 spiro atoms. The topological polar surface area (TPSA) is 85.1 Å². The molecular weight excluding hydrogens is 385 g/mol. The Morgan fingerprint density at radius 1 is 1.00 bits per heavy atom. The second kappa shape index (κ2) is 7.30. The Hall–Kier alpha value is -3.82. The highest BCUT2D eigenvalue weighted by Gasteiger charge is 2.36. The maximum atomic E-state index is 12.9. The second-order valence-corrected chi connectivity index (χ2v) is 6.07. The Bertz CT molecular complexity index is 1160. The van der Waals surface area contributed by atoms with Crippen LogP contribution in [0.15, 0.2) is 60.9 Å². The van der Waals surface area contributed by atoms with E-state index in [2.05, 4.69) is 25.4 Å². The van der Waals surface area contributed by atoms with E-state index in [1.165, 1.54) is 12.4 Å². The number of carbonyl (C=O) groups excluding carboxylic acids is 1. The fraction of sp³-hybridized carbons (Fsp3) is 0.105. The Labute approximate surface area is 162 Å². The third kappa shape index (κ3) is 3.91. The predicted octanol–water partition coefficient (Wildman–Crippen LogP) is 3.14. The SMILES string of the molecule is O=C(NCc1ccc(-c2ccnc3nc(C(F)(F)F)nn23)cc1)c1ccccn1. The lowest BCUT2D eigenvalue weighted by atomic mass is 10.1. The predicted molar refractivity (Wildman–Crippen MR) is 96.6 cm³/mol. The van der Waals surface area contributed by atoms with E-state index in [1.807, 2.05) is 0 Å². The fourth-order valence-electron chi connectivity index (χ4n) is 2.70. The highest BCUT2D eigenvalue weighted by Crippen LogP contribution is 2.27. The zero-order valence-corrected chi connectivity index (χ0v) is 14.8. The van der Waals surface area contributed by atoms with Crippen molar-refractivity contribution < 1.29 is 18.0 Å². The van der Waals surface area contributed by atoms with Crippen molar-refractivity contribution in [3.8, 4) is 11.3 Å². The molecule has 0 atom stereocenters. The first kappa shape index (κ1) is 18.5. The lowest BCUT2D eigenvalue weighted by Crippen LogP contribution is -2.23. The molecule has 3 aromatic heterocycles. The van der Waals surface area contributed by atoms with Gasteiger partial charge < -0.3 is 5.32 Å². The van der Waals surface area contributed by atoms with Gasteiger partial charge in [0.1, 0.15) is 5.69 Å². The monoisotopic (exact) mass is 398 g/mol. The van der Waals surface area contributed by atoms with Crippen LogP contribution in [0.2, 0.25) is 0 Å². The first-order chi connectivity index (χ1) is 13.9. The van der Waals surface area contributed by atoms with E-state index in [4.69, 9.17) is 0 Å². The number of hydrogen-bond donors (Lipinski definition) is 1. The van der Waals surface area contributed by atoms with Crippen LogP contribution in [0.5, 0.6) is 0 Å². The van der Waals surface area contributed by atoms with Crippen molar-refractivity contribution in [1.82, 2.24) is 29.9 Å². The van der Waals surface area contributed by atoms with Crippen LogP contribution in [-0.4, -0.2) is 30.5 Å². The third-order valence-corrected chi connectivity index (χ3v) is 4.09. The summed E-state index contributed by atoms with van der Waals surface area (Å²) >= 11 is 0. The lowest BCUT2D eigenvalue weighted by Gasteiger charge is -2.07. The molecule has 4 aromatic rings. The van der Waals surface area contributed by atoms with Gasteiger partial charge in [0, 0.05) is 24.5 Å². The van der Waals surface area contributed by atoms with Crippen LogP contribution < -0.4 is 5.32 Å². The molecule has 0 fully saturated rings. The van der Waals surface area contributed by atoms with Crippen LogP contribution in [0, 0.1) is 0 Å². The maximum absolute atomic E-state index is 12.9. The van der Waals surface area contributed by atoms with Crippen LogP contribution >= 0.6 is 0 Å².